The number of thiophene rings is 1. The molecule has 0 bridgehead atoms. The fraction of sp³-hybridized carbons (Fsp3) is 0.375. The molecule has 1 nitrogen and oxygen atoms in total. The Morgan fingerprint density at radius 2 is 1.94 bits per heavy atom. The van der Waals surface area contributed by atoms with E-state index in [1.54, 1.807) is 0 Å². The molecule has 0 atom stereocenters. The summed E-state index contributed by atoms with van der Waals surface area (Å²) in [5.74, 6) is 0. The van der Waals surface area contributed by atoms with Crippen LogP contribution in [0.5, 0.6) is 0 Å². The van der Waals surface area contributed by atoms with Crippen molar-refractivity contribution in [3.8, 4) is 10.4 Å². The Labute approximate surface area is 113 Å². The summed E-state index contributed by atoms with van der Waals surface area (Å²) in [6.07, 6.45) is 2.52. The smallest absolute Gasteiger partial charge is 0.0348 e. The summed E-state index contributed by atoms with van der Waals surface area (Å²) in [5, 5.41) is 0. The number of rotatable bonds is 3. The van der Waals surface area contributed by atoms with E-state index in [2.05, 4.69) is 44.2 Å². The Balaban J connectivity index is 1.98. The highest BCUT2D eigenvalue weighted by atomic mass is 32.1. The molecule has 0 unspecified atom stereocenters. The molecule has 0 spiro atoms. The quantitative estimate of drug-likeness (QED) is 0.883. The van der Waals surface area contributed by atoms with Crippen molar-refractivity contribution in [1.29, 1.82) is 0 Å². The minimum absolute atomic E-state index is 0.321. The van der Waals surface area contributed by atoms with Gasteiger partial charge in [0.15, 0.2) is 0 Å². The third-order valence-corrected chi connectivity index (χ3v) is 5.39. The first-order chi connectivity index (χ1) is 8.64. The van der Waals surface area contributed by atoms with Gasteiger partial charge in [-0.2, -0.15) is 0 Å². The molecular formula is C16H19NS. The zero-order valence-corrected chi connectivity index (χ0v) is 11.8. The molecule has 1 aliphatic rings. The van der Waals surface area contributed by atoms with Crippen molar-refractivity contribution in [2.45, 2.75) is 32.1 Å². The first-order valence-corrected chi connectivity index (χ1v) is 7.34. The van der Waals surface area contributed by atoms with Gasteiger partial charge in [0.1, 0.15) is 0 Å². The number of hydrogen-bond acceptors (Lipinski definition) is 2. The zero-order valence-electron chi connectivity index (χ0n) is 11.0. The van der Waals surface area contributed by atoms with Gasteiger partial charge in [-0.05, 0) is 49.9 Å². The molecule has 94 valence electrons. The number of aryl methyl sites for hydroxylation is 2. The van der Waals surface area contributed by atoms with Crippen LogP contribution in [0.4, 0.5) is 0 Å². The van der Waals surface area contributed by atoms with Crippen molar-refractivity contribution >= 4 is 11.3 Å². The third-order valence-electron chi connectivity index (χ3n) is 4.02. The molecule has 2 heteroatoms. The Morgan fingerprint density at radius 1 is 1.17 bits per heavy atom. The van der Waals surface area contributed by atoms with Crippen molar-refractivity contribution in [2.24, 2.45) is 5.73 Å². The molecule has 0 aliphatic heterocycles. The molecule has 0 saturated heterocycles. The summed E-state index contributed by atoms with van der Waals surface area (Å²) < 4.78 is 0. The number of hydrogen-bond donors (Lipinski definition) is 1. The second-order valence-electron chi connectivity index (χ2n) is 5.47. The first-order valence-electron chi connectivity index (χ1n) is 6.53. The minimum atomic E-state index is 0.321. The summed E-state index contributed by atoms with van der Waals surface area (Å²) in [7, 11) is 0. The Morgan fingerprint density at radius 3 is 2.56 bits per heavy atom. The Hall–Kier alpha value is -1.12. The lowest BCUT2D eigenvalue weighted by Gasteiger charge is -2.09. The van der Waals surface area contributed by atoms with Crippen molar-refractivity contribution in [3.05, 3.63) is 46.3 Å². The predicted molar refractivity (Wildman–Crippen MR) is 79.2 cm³/mol. The van der Waals surface area contributed by atoms with Crippen molar-refractivity contribution in [2.75, 3.05) is 6.54 Å². The van der Waals surface area contributed by atoms with E-state index in [1.165, 1.54) is 39.3 Å². The second-order valence-corrected chi connectivity index (χ2v) is 6.55. The Bertz CT molecular complexity index is 579. The van der Waals surface area contributed by atoms with Crippen LogP contribution in [0.25, 0.3) is 10.4 Å². The average molecular weight is 257 g/mol. The largest absolute Gasteiger partial charge is 0.330 e. The third kappa shape index (κ3) is 1.90. The first kappa shape index (κ1) is 11.9. The van der Waals surface area contributed by atoms with Gasteiger partial charge < -0.3 is 5.73 Å². The van der Waals surface area contributed by atoms with E-state index >= 15 is 0 Å². The second kappa shape index (κ2) is 4.22. The summed E-state index contributed by atoms with van der Waals surface area (Å²) in [4.78, 5) is 2.85. The maximum absolute atomic E-state index is 5.91. The molecule has 1 aromatic carbocycles. The maximum atomic E-state index is 5.91. The van der Waals surface area contributed by atoms with Gasteiger partial charge >= 0.3 is 0 Å². The molecule has 1 saturated carbocycles. The van der Waals surface area contributed by atoms with Gasteiger partial charge in [-0.1, -0.05) is 23.8 Å². The maximum Gasteiger partial charge on any atom is 0.0348 e. The van der Waals surface area contributed by atoms with Gasteiger partial charge in [-0.3, -0.25) is 0 Å². The van der Waals surface area contributed by atoms with Crippen LogP contribution in [0.2, 0.25) is 0 Å². The lowest BCUT2D eigenvalue weighted by Crippen LogP contribution is -2.18. The average Bonchev–Trinajstić information content (AvgIpc) is 3.00. The highest BCUT2D eigenvalue weighted by molar-refractivity contribution is 7.15. The SMILES string of the molecule is Cc1ccc(-c2ccc(C3(CN)CC3)s2)c(C)c1. The van der Waals surface area contributed by atoms with E-state index in [4.69, 9.17) is 5.73 Å². The molecule has 18 heavy (non-hydrogen) atoms. The highest BCUT2D eigenvalue weighted by Crippen LogP contribution is 2.50. The standard InChI is InChI=1S/C16H19NS/c1-11-3-4-13(12(2)9-11)14-5-6-15(18-14)16(10-17)7-8-16/h3-6,9H,7-8,10,17H2,1-2H3. The zero-order chi connectivity index (χ0) is 12.8. The fourth-order valence-electron chi connectivity index (χ4n) is 2.56. The normalized spacial score (nSPS) is 16.8. The summed E-state index contributed by atoms with van der Waals surface area (Å²) in [6.45, 7) is 5.13. The van der Waals surface area contributed by atoms with Crippen LogP contribution in [-0.4, -0.2) is 6.54 Å². The molecule has 0 radical (unpaired) electrons. The van der Waals surface area contributed by atoms with E-state index in [9.17, 15) is 0 Å². The summed E-state index contributed by atoms with van der Waals surface area (Å²) in [6, 6.07) is 11.2. The van der Waals surface area contributed by atoms with Crippen molar-refractivity contribution in [1.82, 2.24) is 0 Å². The molecule has 1 heterocycles. The lowest BCUT2D eigenvalue weighted by molar-refractivity contribution is 0.720. The minimum Gasteiger partial charge on any atom is -0.330 e. The molecular weight excluding hydrogens is 238 g/mol. The number of benzene rings is 1. The van der Waals surface area contributed by atoms with Gasteiger partial charge in [-0.25, -0.2) is 0 Å². The van der Waals surface area contributed by atoms with Crippen LogP contribution < -0.4 is 5.73 Å². The topological polar surface area (TPSA) is 26.0 Å². The van der Waals surface area contributed by atoms with Crippen LogP contribution >= 0.6 is 11.3 Å². The summed E-state index contributed by atoms with van der Waals surface area (Å²) in [5.41, 5.74) is 10.3. The van der Waals surface area contributed by atoms with Crippen LogP contribution in [0.1, 0.15) is 28.8 Å². The number of nitrogens with two attached hydrogens (primary N) is 1. The summed E-state index contributed by atoms with van der Waals surface area (Å²) >= 11 is 1.92. The highest BCUT2D eigenvalue weighted by Gasteiger charge is 2.44. The van der Waals surface area contributed by atoms with E-state index in [-0.39, 0.29) is 0 Å². The molecule has 2 N–H and O–H groups in total. The van der Waals surface area contributed by atoms with Crippen LogP contribution in [-0.2, 0) is 5.41 Å². The van der Waals surface area contributed by atoms with E-state index in [0.29, 0.717) is 5.41 Å². The van der Waals surface area contributed by atoms with Crippen LogP contribution in [0.15, 0.2) is 30.3 Å². The molecule has 2 aromatic rings. The van der Waals surface area contributed by atoms with E-state index < -0.39 is 0 Å². The van der Waals surface area contributed by atoms with Gasteiger partial charge in [-0.15, -0.1) is 11.3 Å². The lowest BCUT2D eigenvalue weighted by atomic mass is 10.0. The van der Waals surface area contributed by atoms with Crippen LogP contribution in [0, 0.1) is 13.8 Å². The fourth-order valence-corrected chi connectivity index (χ4v) is 3.91. The molecule has 1 aromatic heterocycles. The van der Waals surface area contributed by atoms with Gasteiger partial charge in [0, 0.05) is 21.7 Å². The van der Waals surface area contributed by atoms with Crippen molar-refractivity contribution in [3.63, 3.8) is 0 Å². The molecule has 3 rings (SSSR count). The van der Waals surface area contributed by atoms with Gasteiger partial charge in [0.25, 0.3) is 0 Å². The predicted octanol–water partition coefficient (Wildman–Crippen LogP) is 4.02. The molecule has 1 fully saturated rings. The van der Waals surface area contributed by atoms with Crippen LogP contribution in [0.3, 0.4) is 0 Å². The van der Waals surface area contributed by atoms with E-state index in [1.807, 2.05) is 11.3 Å². The van der Waals surface area contributed by atoms with Crippen molar-refractivity contribution < 1.29 is 0 Å². The molecule has 0 amide bonds. The van der Waals surface area contributed by atoms with E-state index in [0.717, 1.165) is 6.54 Å². The van der Waals surface area contributed by atoms with Gasteiger partial charge in [0.05, 0.1) is 0 Å². The monoisotopic (exact) mass is 257 g/mol. The Kier molecular flexibility index (Phi) is 2.80. The van der Waals surface area contributed by atoms with Gasteiger partial charge in [0.2, 0.25) is 0 Å². The molecule has 1 aliphatic carbocycles.